The topological polar surface area (TPSA) is 67.1 Å². The van der Waals surface area contributed by atoms with Gasteiger partial charge < -0.3 is 15.2 Å². The molecule has 1 saturated carbocycles. The lowest BCUT2D eigenvalue weighted by atomic mass is 9.64. The first-order valence-electron chi connectivity index (χ1n) is 8.49. The van der Waals surface area contributed by atoms with E-state index in [2.05, 4.69) is 56.2 Å². The van der Waals surface area contributed by atoms with Crippen molar-refractivity contribution in [3.63, 3.8) is 0 Å². The molecule has 3 rings (SSSR count). The van der Waals surface area contributed by atoms with Crippen LogP contribution >= 0.6 is 0 Å². The van der Waals surface area contributed by atoms with Gasteiger partial charge in [-0.25, -0.2) is 0 Å². The number of hydrogen-bond acceptors (Lipinski definition) is 3. The zero-order valence-electron chi connectivity index (χ0n) is 14.7. The Hall–Kier alpha value is -2.37. The number of benzene rings is 1. The number of aliphatic imine (C=N–C) groups is 1. The Morgan fingerprint density at radius 3 is 2.50 bits per heavy atom. The van der Waals surface area contributed by atoms with E-state index in [1.807, 2.05) is 18.5 Å². The molecule has 0 spiro atoms. The van der Waals surface area contributed by atoms with Crippen LogP contribution in [-0.4, -0.2) is 34.3 Å². The van der Waals surface area contributed by atoms with Gasteiger partial charge in [-0.2, -0.15) is 0 Å². The largest absolute Gasteiger partial charge is 0.356 e. The Bertz CT molecular complexity index is 700. The Labute approximate surface area is 143 Å². The molecular weight excluding hydrogens is 300 g/mol. The van der Waals surface area contributed by atoms with Gasteiger partial charge in [-0.15, -0.1) is 10.2 Å². The van der Waals surface area contributed by atoms with Crippen molar-refractivity contribution in [1.82, 2.24) is 25.4 Å². The number of rotatable bonds is 5. The highest BCUT2D eigenvalue weighted by atomic mass is 15.3. The zero-order chi connectivity index (χ0) is 17.0. The molecule has 0 radical (unpaired) electrons. The molecule has 128 valence electrons. The second-order valence-electron chi connectivity index (χ2n) is 6.50. The van der Waals surface area contributed by atoms with Crippen LogP contribution in [0, 0.1) is 6.92 Å². The lowest BCUT2D eigenvalue weighted by molar-refractivity contribution is 0.244. The van der Waals surface area contributed by atoms with Crippen LogP contribution in [0.25, 0.3) is 0 Å². The van der Waals surface area contributed by atoms with Crippen molar-refractivity contribution in [3.05, 3.63) is 47.5 Å². The Morgan fingerprint density at radius 1 is 1.21 bits per heavy atom. The summed E-state index contributed by atoms with van der Waals surface area (Å²) in [6.45, 7) is 3.45. The van der Waals surface area contributed by atoms with E-state index in [0.29, 0.717) is 6.54 Å². The lowest BCUT2D eigenvalue weighted by Crippen LogP contribution is -2.48. The normalized spacial score (nSPS) is 16.5. The summed E-state index contributed by atoms with van der Waals surface area (Å²) in [4.78, 5) is 4.33. The lowest BCUT2D eigenvalue weighted by Gasteiger charge is -2.43. The van der Waals surface area contributed by atoms with Crippen LogP contribution in [0.2, 0.25) is 0 Å². The van der Waals surface area contributed by atoms with Gasteiger partial charge in [-0.1, -0.05) is 36.8 Å². The van der Waals surface area contributed by atoms with Crippen molar-refractivity contribution >= 4 is 5.96 Å². The van der Waals surface area contributed by atoms with Crippen LogP contribution in [0.15, 0.2) is 35.3 Å². The molecule has 0 aliphatic heterocycles. The van der Waals surface area contributed by atoms with Crippen LogP contribution in [0.5, 0.6) is 0 Å². The minimum atomic E-state index is 0.236. The second-order valence-corrected chi connectivity index (χ2v) is 6.50. The van der Waals surface area contributed by atoms with Crippen LogP contribution in [0.4, 0.5) is 0 Å². The van der Waals surface area contributed by atoms with Crippen LogP contribution in [0.3, 0.4) is 0 Å². The summed E-state index contributed by atoms with van der Waals surface area (Å²) in [5, 5.41) is 15.1. The molecule has 1 aliphatic carbocycles. The maximum Gasteiger partial charge on any atom is 0.191 e. The van der Waals surface area contributed by atoms with Gasteiger partial charge in [0.25, 0.3) is 0 Å². The summed E-state index contributed by atoms with van der Waals surface area (Å²) in [6, 6.07) is 10.8. The fourth-order valence-electron chi connectivity index (χ4n) is 3.20. The minimum Gasteiger partial charge on any atom is -0.356 e. The second kappa shape index (κ2) is 7.03. The van der Waals surface area contributed by atoms with Crippen molar-refractivity contribution in [2.75, 3.05) is 13.6 Å². The first-order chi connectivity index (χ1) is 11.6. The molecular formula is C18H26N6. The highest BCUT2D eigenvalue weighted by molar-refractivity contribution is 5.79. The van der Waals surface area contributed by atoms with Crippen molar-refractivity contribution < 1.29 is 0 Å². The molecule has 1 aromatic carbocycles. The molecule has 2 aromatic rings. The van der Waals surface area contributed by atoms with Gasteiger partial charge in [-0.3, -0.25) is 4.99 Å². The van der Waals surface area contributed by atoms with Gasteiger partial charge >= 0.3 is 0 Å². The van der Waals surface area contributed by atoms with Crippen LogP contribution < -0.4 is 10.6 Å². The van der Waals surface area contributed by atoms with E-state index in [-0.39, 0.29) is 5.41 Å². The van der Waals surface area contributed by atoms with Crippen LogP contribution in [-0.2, 0) is 19.0 Å². The third-order valence-electron chi connectivity index (χ3n) is 5.11. The number of nitrogens with one attached hydrogen (secondary N) is 2. The van der Waals surface area contributed by atoms with Crippen molar-refractivity contribution in [3.8, 4) is 0 Å². The highest BCUT2D eigenvalue weighted by Crippen LogP contribution is 2.43. The smallest absolute Gasteiger partial charge is 0.191 e. The minimum absolute atomic E-state index is 0.236. The summed E-state index contributed by atoms with van der Waals surface area (Å²) in [7, 11) is 3.77. The molecule has 1 aromatic heterocycles. The van der Waals surface area contributed by atoms with Crippen molar-refractivity contribution in [2.24, 2.45) is 12.0 Å². The number of aromatic nitrogens is 3. The van der Waals surface area contributed by atoms with Gasteiger partial charge in [0.2, 0.25) is 0 Å². The predicted octanol–water partition coefficient (Wildman–Crippen LogP) is 1.91. The molecule has 6 heteroatoms. The first-order valence-corrected chi connectivity index (χ1v) is 8.49. The van der Waals surface area contributed by atoms with E-state index < -0.39 is 0 Å². The highest BCUT2D eigenvalue weighted by Gasteiger charge is 2.38. The summed E-state index contributed by atoms with van der Waals surface area (Å²) in [6.07, 6.45) is 3.74. The monoisotopic (exact) mass is 326 g/mol. The molecule has 0 bridgehead atoms. The van der Waals surface area contributed by atoms with Crippen molar-refractivity contribution in [1.29, 1.82) is 0 Å². The van der Waals surface area contributed by atoms with E-state index in [1.54, 1.807) is 7.05 Å². The van der Waals surface area contributed by atoms with E-state index >= 15 is 0 Å². The zero-order valence-corrected chi connectivity index (χ0v) is 14.7. The summed E-state index contributed by atoms with van der Waals surface area (Å²) in [5.41, 5.74) is 1.66. The maximum absolute atomic E-state index is 4.33. The molecule has 0 unspecified atom stereocenters. The van der Waals surface area contributed by atoms with Gasteiger partial charge in [0.15, 0.2) is 11.8 Å². The Kier molecular flexibility index (Phi) is 4.83. The number of aryl methyl sites for hydroxylation is 1. The summed E-state index contributed by atoms with van der Waals surface area (Å²) < 4.78 is 1.98. The molecule has 0 amide bonds. The molecule has 0 atom stereocenters. The molecule has 6 nitrogen and oxygen atoms in total. The Balaban J connectivity index is 1.59. The summed E-state index contributed by atoms with van der Waals surface area (Å²) in [5.74, 6) is 2.61. The third kappa shape index (κ3) is 3.27. The molecule has 1 heterocycles. The van der Waals surface area contributed by atoms with Gasteiger partial charge in [0, 0.05) is 26.1 Å². The number of hydrogen-bond donors (Lipinski definition) is 2. The van der Waals surface area contributed by atoms with E-state index in [4.69, 9.17) is 0 Å². The molecule has 1 aliphatic rings. The molecule has 24 heavy (non-hydrogen) atoms. The fraction of sp³-hybridized carbons (Fsp3) is 0.500. The van der Waals surface area contributed by atoms with E-state index in [0.717, 1.165) is 24.2 Å². The average molecular weight is 326 g/mol. The molecule has 1 fully saturated rings. The molecule has 0 saturated heterocycles. The first kappa shape index (κ1) is 16.5. The fourth-order valence-corrected chi connectivity index (χ4v) is 3.20. The van der Waals surface area contributed by atoms with Gasteiger partial charge in [-0.05, 0) is 25.3 Å². The predicted molar refractivity (Wildman–Crippen MR) is 95.9 cm³/mol. The summed E-state index contributed by atoms with van der Waals surface area (Å²) >= 11 is 0. The Morgan fingerprint density at radius 2 is 1.96 bits per heavy atom. The average Bonchev–Trinajstić information content (AvgIpc) is 2.89. The van der Waals surface area contributed by atoms with Gasteiger partial charge in [0.05, 0.1) is 6.54 Å². The SMILES string of the molecule is CN=C(NCc1nnc(C)n1C)NCC1(c2ccccc2)CCC1. The number of guanidine groups is 1. The van der Waals surface area contributed by atoms with Crippen LogP contribution in [0.1, 0.15) is 36.5 Å². The van der Waals surface area contributed by atoms with E-state index in [9.17, 15) is 0 Å². The molecule has 2 N–H and O–H groups in total. The maximum atomic E-state index is 4.33. The quantitative estimate of drug-likeness (QED) is 0.651. The number of nitrogens with zero attached hydrogens (tertiary/aromatic N) is 4. The standard InChI is InChI=1S/C18H26N6/c1-14-22-23-16(24(14)3)12-20-17(19-2)21-13-18(10-7-11-18)15-8-5-4-6-9-15/h4-6,8-9H,7,10-13H2,1-3H3,(H2,19,20,21). The van der Waals surface area contributed by atoms with E-state index in [1.165, 1.54) is 24.8 Å². The third-order valence-corrected chi connectivity index (χ3v) is 5.11. The van der Waals surface area contributed by atoms with Gasteiger partial charge in [0.1, 0.15) is 5.82 Å². The van der Waals surface area contributed by atoms with Crippen molar-refractivity contribution in [2.45, 2.75) is 38.1 Å².